The smallest absolute Gasteiger partial charge is 0.124 e. The molecule has 0 aliphatic rings. The van der Waals surface area contributed by atoms with E-state index in [0.29, 0.717) is 0 Å². The van der Waals surface area contributed by atoms with E-state index in [0.717, 1.165) is 22.0 Å². The number of halogens is 1. The maximum atomic E-state index is 10.4. The summed E-state index contributed by atoms with van der Waals surface area (Å²) in [5.74, 6) is 0. The second kappa shape index (κ2) is 8.29. The molecule has 2 rings (SSSR count). The summed E-state index contributed by atoms with van der Waals surface area (Å²) in [6, 6.07) is 13.7. The normalized spacial score (nSPS) is 10.7. The van der Waals surface area contributed by atoms with Crippen molar-refractivity contribution in [2.75, 3.05) is 6.61 Å². The molecule has 0 heterocycles. The van der Waals surface area contributed by atoms with E-state index in [4.69, 9.17) is 5.11 Å². The molecule has 0 atom stereocenters. The predicted molar refractivity (Wildman–Crippen MR) is 84.1 cm³/mol. The van der Waals surface area contributed by atoms with Crippen molar-refractivity contribution in [2.24, 2.45) is 0 Å². The minimum Gasteiger partial charge on any atom is -0.744 e. The zero-order valence-electron chi connectivity index (χ0n) is 11.5. The van der Waals surface area contributed by atoms with Gasteiger partial charge in [0.15, 0.2) is 0 Å². The van der Waals surface area contributed by atoms with E-state index in [1.165, 1.54) is 12.1 Å². The minimum absolute atomic E-state index is 0.178. The fraction of sp³-hybridized carbons (Fsp3) is 0.200. The number of hydrogen-bond acceptors (Lipinski definition) is 4. The van der Waals surface area contributed by atoms with E-state index in [-0.39, 0.29) is 11.5 Å². The van der Waals surface area contributed by atoms with Gasteiger partial charge in [-0.2, -0.15) is 0 Å². The third kappa shape index (κ3) is 6.86. The lowest BCUT2D eigenvalue weighted by Crippen LogP contribution is -1.97. The van der Waals surface area contributed by atoms with Crippen molar-refractivity contribution in [3.63, 3.8) is 0 Å². The Labute approximate surface area is 133 Å². The maximum Gasteiger partial charge on any atom is 0.124 e. The minimum atomic E-state index is -4.27. The Hall–Kier alpha value is -1.21. The van der Waals surface area contributed by atoms with E-state index in [2.05, 4.69) is 15.9 Å². The van der Waals surface area contributed by atoms with Gasteiger partial charge >= 0.3 is 0 Å². The summed E-state index contributed by atoms with van der Waals surface area (Å²) in [4.78, 5) is -0.178. The molecular weight excluding hydrogens is 356 g/mol. The highest BCUT2D eigenvalue weighted by Crippen LogP contribution is 2.11. The van der Waals surface area contributed by atoms with Crippen LogP contribution in [-0.4, -0.2) is 24.7 Å². The molecule has 0 aromatic heterocycles. The molecule has 0 amide bonds. The molecule has 2 aromatic rings. The summed E-state index contributed by atoms with van der Waals surface area (Å²) in [6.07, 6.45) is 0.736. The van der Waals surface area contributed by atoms with Gasteiger partial charge in [0.25, 0.3) is 0 Å². The second-order valence-electron chi connectivity index (χ2n) is 4.37. The van der Waals surface area contributed by atoms with E-state index in [9.17, 15) is 13.0 Å². The van der Waals surface area contributed by atoms with Crippen LogP contribution in [0.15, 0.2) is 57.9 Å². The predicted octanol–water partition coefficient (Wildman–Crippen LogP) is 2.88. The van der Waals surface area contributed by atoms with Gasteiger partial charge in [-0.3, -0.25) is 0 Å². The molecule has 0 fully saturated rings. The van der Waals surface area contributed by atoms with Gasteiger partial charge in [0.1, 0.15) is 10.1 Å². The first-order chi connectivity index (χ1) is 9.82. The van der Waals surface area contributed by atoms with Crippen LogP contribution in [0.1, 0.15) is 11.1 Å². The zero-order chi connectivity index (χ0) is 15.9. The molecule has 2 aromatic carbocycles. The topological polar surface area (TPSA) is 77.4 Å². The SMILES string of the molecule is Cc1ccc(S(=O)(=O)[O-])cc1.OCCc1cccc(Br)c1. The van der Waals surface area contributed by atoms with Crippen LogP contribution in [0.25, 0.3) is 0 Å². The number of aliphatic hydroxyl groups is 1. The molecule has 6 heteroatoms. The molecule has 0 bridgehead atoms. The van der Waals surface area contributed by atoms with Crippen molar-refractivity contribution in [3.05, 3.63) is 64.1 Å². The van der Waals surface area contributed by atoms with E-state index >= 15 is 0 Å². The molecular formula is C15H16BrO4S-. The van der Waals surface area contributed by atoms with Crippen LogP contribution in [0.4, 0.5) is 0 Å². The monoisotopic (exact) mass is 371 g/mol. The highest BCUT2D eigenvalue weighted by molar-refractivity contribution is 9.10. The lowest BCUT2D eigenvalue weighted by atomic mass is 10.2. The van der Waals surface area contributed by atoms with E-state index < -0.39 is 10.1 Å². The van der Waals surface area contributed by atoms with Crippen LogP contribution < -0.4 is 0 Å². The average molecular weight is 372 g/mol. The van der Waals surface area contributed by atoms with Crippen molar-refractivity contribution in [3.8, 4) is 0 Å². The third-order valence-corrected chi connectivity index (χ3v) is 3.94. The highest BCUT2D eigenvalue weighted by atomic mass is 79.9. The van der Waals surface area contributed by atoms with Crippen LogP contribution in [0.2, 0.25) is 0 Å². The number of hydrogen-bond donors (Lipinski definition) is 1. The molecule has 0 aliphatic carbocycles. The Morgan fingerprint density at radius 1 is 1.14 bits per heavy atom. The molecule has 0 spiro atoms. The Bertz CT molecular complexity index is 666. The Balaban J connectivity index is 0.000000211. The fourth-order valence-electron chi connectivity index (χ4n) is 1.53. The average Bonchev–Trinajstić information content (AvgIpc) is 2.39. The van der Waals surface area contributed by atoms with Crippen LogP contribution in [0.5, 0.6) is 0 Å². The summed E-state index contributed by atoms with van der Waals surface area (Å²) < 4.78 is 32.2. The first kappa shape index (κ1) is 17.8. The summed E-state index contributed by atoms with van der Waals surface area (Å²) in [6.45, 7) is 2.04. The Morgan fingerprint density at radius 2 is 1.76 bits per heavy atom. The van der Waals surface area contributed by atoms with Crippen LogP contribution in [0, 0.1) is 6.92 Å². The van der Waals surface area contributed by atoms with Gasteiger partial charge < -0.3 is 9.66 Å². The number of aryl methyl sites for hydroxylation is 1. The van der Waals surface area contributed by atoms with Gasteiger partial charge in [-0.1, -0.05) is 45.8 Å². The quantitative estimate of drug-likeness (QED) is 0.841. The lowest BCUT2D eigenvalue weighted by molar-refractivity contribution is 0.299. The largest absolute Gasteiger partial charge is 0.744 e. The number of rotatable bonds is 3. The lowest BCUT2D eigenvalue weighted by Gasteiger charge is -2.05. The summed E-state index contributed by atoms with van der Waals surface area (Å²) in [5.41, 5.74) is 2.09. The molecule has 1 N–H and O–H groups in total. The van der Waals surface area contributed by atoms with Crippen LogP contribution in [-0.2, 0) is 16.5 Å². The number of aliphatic hydroxyl groups excluding tert-OH is 1. The van der Waals surface area contributed by atoms with Gasteiger partial charge in [-0.25, -0.2) is 8.42 Å². The molecule has 0 aliphatic heterocycles. The molecule has 4 nitrogen and oxygen atoms in total. The zero-order valence-corrected chi connectivity index (χ0v) is 13.9. The van der Waals surface area contributed by atoms with Gasteiger partial charge in [-0.15, -0.1) is 0 Å². The standard InChI is InChI=1S/C8H9BrO.C7H8O3S/c9-8-3-1-2-7(6-8)4-5-10;1-6-2-4-7(5-3-6)11(8,9)10/h1-3,6,10H,4-5H2;2-5H,1H3,(H,8,9,10)/p-1. The molecule has 0 saturated carbocycles. The van der Waals surface area contributed by atoms with Crippen LogP contribution >= 0.6 is 15.9 Å². The van der Waals surface area contributed by atoms with Crippen molar-refractivity contribution < 1.29 is 18.1 Å². The summed E-state index contributed by atoms with van der Waals surface area (Å²) in [7, 11) is -4.27. The van der Waals surface area contributed by atoms with Crippen molar-refractivity contribution >= 4 is 26.0 Å². The van der Waals surface area contributed by atoms with Crippen molar-refractivity contribution in [1.82, 2.24) is 0 Å². The number of benzene rings is 2. The molecule has 0 saturated heterocycles. The fourth-order valence-corrected chi connectivity index (χ4v) is 2.44. The van der Waals surface area contributed by atoms with E-state index in [1.54, 1.807) is 12.1 Å². The Morgan fingerprint density at radius 3 is 2.24 bits per heavy atom. The first-order valence-electron chi connectivity index (χ1n) is 6.21. The van der Waals surface area contributed by atoms with Crippen LogP contribution in [0.3, 0.4) is 0 Å². The third-order valence-electron chi connectivity index (χ3n) is 2.60. The van der Waals surface area contributed by atoms with Gasteiger partial charge in [0.05, 0.1) is 4.90 Å². The molecule has 0 radical (unpaired) electrons. The van der Waals surface area contributed by atoms with Gasteiger partial charge in [-0.05, 0) is 43.2 Å². The first-order valence-corrected chi connectivity index (χ1v) is 8.41. The second-order valence-corrected chi connectivity index (χ2v) is 6.67. The molecule has 21 heavy (non-hydrogen) atoms. The van der Waals surface area contributed by atoms with Gasteiger partial charge in [0, 0.05) is 11.1 Å². The highest BCUT2D eigenvalue weighted by Gasteiger charge is 1.97. The molecule has 0 unspecified atom stereocenters. The maximum absolute atomic E-state index is 10.4. The van der Waals surface area contributed by atoms with Gasteiger partial charge in [0.2, 0.25) is 0 Å². The summed E-state index contributed by atoms with van der Waals surface area (Å²) >= 11 is 3.35. The van der Waals surface area contributed by atoms with E-state index in [1.807, 2.05) is 31.2 Å². The van der Waals surface area contributed by atoms with Crippen molar-refractivity contribution in [1.29, 1.82) is 0 Å². The Kier molecular flexibility index (Phi) is 7.04. The summed E-state index contributed by atoms with van der Waals surface area (Å²) in [5, 5.41) is 8.60. The van der Waals surface area contributed by atoms with Crippen molar-refractivity contribution in [2.45, 2.75) is 18.2 Å². The molecule has 114 valence electrons.